The summed E-state index contributed by atoms with van der Waals surface area (Å²) in [5.74, 6) is -0.299. The second-order valence-electron chi connectivity index (χ2n) is 3.55. The van der Waals surface area contributed by atoms with Crippen molar-refractivity contribution < 1.29 is 9.53 Å². The summed E-state index contributed by atoms with van der Waals surface area (Å²) >= 11 is 0. The van der Waals surface area contributed by atoms with Gasteiger partial charge in [-0.25, -0.2) is 4.79 Å². The fourth-order valence-corrected chi connectivity index (χ4v) is 1.88. The molecule has 2 rings (SSSR count). The van der Waals surface area contributed by atoms with Crippen molar-refractivity contribution in [2.75, 3.05) is 14.2 Å². The summed E-state index contributed by atoms with van der Waals surface area (Å²) in [5, 5.41) is 0. The van der Waals surface area contributed by atoms with Crippen molar-refractivity contribution in [1.29, 1.82) is 0 Å². The number of aryl methyl sites for hydroxylation is 1. The Bertz CT molecular complexity index is 377. The lowest BCUT2D eigenvalue weighted by Gasteiger charge is -2.06. The largest absolute Gasteiger partial charge is 0.465 e. The highest BCUT2D eigenvalue weighted by Crippen LogP contribution is 2.29. The predicted molar refractivity (Wildman–Crippen MR) is 63.1 cm³/mol. The van der Waals surface area contributed by atoms with Crippen LogP contribution in [0, 0.1) is 0 Å². The number of carbonyl (C=O) groups excluding carboxylic acids is 1. The van der Waals surface area contributed by atoms with E-state index in [1.807, 2.05) is 12.1 Å². The van der Waals surface area contributed by atoms with Crippen LogP contribution >= 0.6 is 0 Å². The molecule has 1 unspecified atom stereocenters. The van der Waals surface area contributed by atoms with E-state index in [4.69, 9.17) is 5.73 Å². The standard InChI is InChI=1S/C11H13NO2.CH5N/c1-14-11(13)8-3-2-7-4-5-10(12)9(7)6-8;1-2/h2-3,6,10H,4-5,12H2,1H3;2H2,1H3. The third kappa shape index (κ3) is 2.40. The molecule has 0 fully saturated rings. The Morgan fingerprint density at radius 1 is 1.44 bits per heavy atom. The van der Waals surface area contributed by atoms with Crippen molar-refractivity contribution in [2.45, 2.75) is 18.9 Å². The molecular formula is C12H18N2O2. The lowest BCUT2D eigenvalue weighted by Crippen LogP contribution is -2.07. The third-order valence-corrected chi connectivity index (χ3v) is 2.69. The molecule has 0 amide bonds. The van der Waals surface area contributed by atoms with Gasteiger partial charge in [-0.3, -0.25) is 0 Å². The maximum atomic E-state index is 11.3. The van der Waals surface area contributed by atoms with E-state index in [1.54, 1.807) is 6.07 Å². The minimum absolute atomic E-state index is 0.0783. The highest BCUT2D eigenvalue weighted by Gasteiger charge is 2.20. The highest BCUT2D eigenvalue weighted by molar-refractivity contribution is 5.89. The molecule has 16 heavy (non-hydrogen) atoms. The third-order valence-electron chi connectivity index (χ3n) is 2.69. The fourth-order valence-electron chi connectivity index (χ4n) is 1.88. The molecule has 1 atom stereocenters. The molecular weight excluding hydrogens is 204 g/mol. The second-order valence-corrected chi connectivity index (χ2v) is 3.55. The Labute approximate surface area is 95.6 Å². The van der Waals surface area contributed by atoms with Crippen molar-refractivity contribution in [1.82, 2.24) is 0 Å². The number of carbonyl (C=O) groups is 1. The molecule has 1 aromatic rings. The van der Waals surface area contributed by atoms with Gasteiger partial charge in [-0.15, -0.1) is 0 Å². The predicted octanol–water partition coefficient (Wildman–Crippen LogP) is 0.994. The molecule has 4 nitrogen and oxygen atoms in total. The van der Waals surface area contributed by atoms with Gasteiger partial charge in [0.1, 0.15) is 0 Å². The first-order valence-electron chi connectivity index (χ1n) is 5.27. The van der Waals surface area contributed by atoms with Crippen LogP contribution in [0.2, 0.25) is 0 Å². The van der Waals surface area contributed by atoms with Gasteiger partial charge in [-0.2, -0.15) is 0 Å². The fraction of sp³-hybridized carbons (Fsp3) is 0.417. The van der Waals surface area contributed by atoms with E-state index >= 15 is 0 Å². The van der Waals surface area contributed by atoms with Gasteiger partial charge >= 0.3 is 5.97 Å². The SMILES string of the molecule is CN.COC(=O)c1ccc2c(c1)C(N)CC2. The summed E-state index contributed by atoms with van der Waals surface area (Å²) < 4.78 is 4.65. The molecule has 0 aromatic heterocycles. The first-order chi connectivity index (χ1) is 7.72. The maximum absolute atomic E-state index is 11.3. The van der Waals surface area contributed by atoms with E-state index < -0.39 is 0 Å². The van der Waals surface area contributed by atoms with Crippen LogP contribution in [0.1, 0.15) is 33.9 Å². The molecule has 0 saturated heterocycles. The minimum atomic E-state index is -0.299. The van der Waals surface area contributed by atoms with Crippen LogP contribution in [0.25, 0.3) is 0 Å². The monoisotopic (exact) mass is 222 g/mol. The molecule has 0 radical (unpaired) electrons. The van der Waals surface area contributed by atoms with Crippen LogP contribution in [0.3, 0.4) is 0 Å². The zero-order chi connectivity index (χ0) is 12.1. The molecule has 1 aliphatic carbocycles. The van der Waals surface area contributed by atoms with Gasteiger partial charge in [-0.1, -0.05) is 6.07 Å². The number of hydrogen-bond acceptors (Lipinski definition) is 4. The highest BCUT2D eigenvalue weighted by atomic mass is 16.5. The molecule has 0 spiro atoms. The number of nitrogens with two attached hydrogens (primary N) is 2. The molecule has 1 aromatic carbocycles. The van der Waals surface area contributed by atoms with E-state index in [9.17, 15) is 4.79 Å². The number of hydrogen-bond donors (Lipinski definition) is 2. The van der Waals surface area contributed by atoms with Crippen LogP contribution < -0.4 is 11.5 Å². The average Bonchev–Trinajstić information content (AvgIpc) is 2.72. The number of rotatable bonds is 1. The van der Waals surface area contributed by atoms with Crippen molar-refractivity contribution in [3.8, 4) is 0 Å². The quantitative estimate of drug-likeness (QED) is 0.695. The summed E-state index contributed by atoms with van der Waals surface area (Å²) in [5.41, 5.74) is 13.3. The van der Waals surface area contributed by atoms with Gasteiger partial charge in [0.2, 0.25) is 0 Å². The zero-order valence-electron chi connectivity index (χ0n) is 9.69. The first kappa shape index (κ1) is 12.7. The topological polar surface area (TPSA) is 78.3 Å². The molecule has 4 N–H and O–H groups in total. The van der Waals surface area contributed by atoms with E-state index in [0.29, 0.717) is 5.56 Å². The maximum Gasteiger partial charge on any atom is 0.337 e. The normalized spacial score (nSPS) is 17.1. The summed E-state index contributed by atoms with van der Waals surface area (Å²) in [7, 11) is 2.88. The van der Waals surface area contributed by atoms with Crippen LogP contribution in [0.15, 0.2) is 18.2 Å². The Morgan fingerprint density at radius 3 is 2.75 bits per heavy atom. The molecule has 0 heterocycles. The lowest BCUT2D eigenvalue weighted by molar-refractivity contribution is 0.0600. The van der Waals surface area contributed by atoms with Gasteiger partial charge in [0.25, 0.3) is 0 Å². The Kier molecular flexibility index (Phi) is 4.46. The molecule has 4 heteroatoms. The molecule has 0 saturated carbocycles. The summed E-state index contributed by atoms with van der Waals surface area (Å²) in [6, 6.07) is 5.69. The molecule has 0 aliphatic heterocycles. The van der Waals surface area contributed by atoms with Gasteiger partial charge in [0, 0.05) is 6.04 Å². The van der Waals surface area contributed by atoms with Gasteiger partial charge in [0.05, 0.1) is 12.7 Å². The zero-order valence-corrected chi connectivity index (χ0v) is 9.69. The lowest BCUT2D eigenvalue weighted by atomic mass is 10.0. The van der Waals surface area contributed by atoms with Gasteiger partial charge in [0.15, 0.2) is 0 Å². The van der Waals surface area contributed by atoms with Crippen LogP contribution in [-0.2, 0) is 11.2 Å². The van der Waals surface area contributed by atoms with E-state index in [1.165, 1.54) is 19.7 Å². The molecule has 88 valence electrons. The van der Waals surface area contributed by atoms with Crippen LogP contribution in [0.5, 0.6) is 0 Å². The van der Waals surface area contributed by atoms with Crippen LogP contribution in [-0.4, -0.2) is 20.1 Å². The number of benzene rings is 1. The van der Waals surface area contributed by atoms with E-state index in [0.717, 1.165) is 18.4 Å². The smallest absolute Gasteiger partial charge is 0.337 e. The van der Waals surface area contributed by atoms with Crippen molar-refractivity contribution >= 4 is 5.97 Å². The Morgan fingerprint density at radius 2 is 2.12 bits per heavy atom. The average molecular weight is 222 g/mol. The van der Waals surface area contributed by atoms with E-state index in [2.05, 4.69) is 10.5 Å². The van der Waals surface area contributed by atoms with Gasteiger partial charge < -0.3 is 16.2 Å². The number of ether oxygens (including phenoxy) is 1. The summed E-state index contributed by atoms with van der Waals surface area (Å²) in [4.78, 5) is 11.3. The minimum Gasteiger partial charge on any atom is -0.465 e. The first-order valence-corrected chi connectivity index (χ1v) is 5.27. The number of methoxy groups -OCH3 is 1. The number of esters is 1. The molecule has 1 aliphatic rings. The Hall–Kier alpha value is -1.39. The summed E-state index contributed by atoms with van der Waals surface area (Å²) in [6.45, 7) is 0. The van der Waals surface area contributed by atoms with E-state index in [-0.39, 0.29) is 12.0 Å². The second kappa shape index (κ2) is 5.63. The van der Waals surface area contributed by atoms with Crippen molar-refractivity contribution in [2.24, 2.45) is 11.5 Å². The van der Waals surface area contributed by atoms with Crippen molar-refractivity contribution in [3.05, 3.63) is 34.9 Å². The number of fused-ring (bicyclic) bond motifs is 1. The van der Waals surface area contributed by atoms with Crippen molar-refractivity contribution in [3.63, 3.8) is 0 Å². The molecule has 0 bridgehead atoms. The Balaban J connectivity index is 0.000000606. The van der Waals surface area contributed by atoms with Gasteiger partial charge in [-0.05, 0) is 43.1 Å². The summed E-state index contributed by atoms with van der Waals surface area (Å²) in [6.07, 6.45) is 1.98. The van der Waals surface area contributed by atoms with Crippen LogP contribution in [0.4, 0.5) is 0 Å².